The lowest BCUT2D eigenvalue weighted by molar-refractivity contribution is 0.0694. The fourth-order valence-corrected chi connectivity index (χ4v) is 1.32. The fraction of sp³-hybridized carbons (Fsp3) is 0.364. The maximum Gasteiger partial charge on any atom is 0.335 e. The van der Waals surface area contributed by atoms with Gasteiger partial charge in [-0.3, -0.25) is 0 Å². The molecule has 0 saturated heterocycles. The molecule has 0 bridgehead atoms. The van der Waals surface area contributed by atoms with Gasteiger partial charge in [0.05, 0.1) is 5.56 Å². The van der Waals surface area contributed by atoms with E-state index in [4.69, 9.17) is 5.11 Å². The average molecular weight is 205 g/mol. The van der Waals surface area contributed by atoms with Crippen molar-refractivity contribution < 1.29 is 9.90 Å². The van der Waals surface area contributed by atoms with Crippen LogP contribution in [0.15, 0.2) is 24.3 Å². The smallest absolute Gasteiger partial charge is 0.335 e. The molecular weight excluding hydrogens is 191 g/mol. The van der Waals surface area contributed by atoms with Crippen LogP contribution in [-0.2, 0) is 5.41 Å². The zero-order valence-electron chi connectivity index (χ0n) is 8.74. The van der Waals surface area contributed by atoms with Crippen LogP contribution in [0.1, 0.15) is 36.7 Å². The van der Waals surface area contributed by atoms with Gasteiger partial charge in [0.15, 0.2) is 0 Å². The van der Waals surface area contributed by atoms with Gasteiger partial charge in [-0.15, -0.1) is 0 Å². The molecule has 0 amide bonds. The molecule has 0 aliphatic heterocycles. The maximum absolute atomic E-state index is 10.9. The summed E-state index contributed by atoms with van der Waals surface area (Å²) in [5.41, 5.74) is 1.16. The highest BCUT2D eigenvalue weighted by Gasteiger charge is 2.20. The van der Waals surface area contributed by atoms with Crippen LogP contribution in [0.5, 0.6) is 0 Å². The Labute approximate surface area is 95.1 Å². The van der Waals surface area contributed by atoms with Gasteiger partial charge in [-0.25, -0.2) is 4.79 Å². The maximum atomic E-state index is 10.9. The van der Waals surface area contributed by atoms with E-state index in [0.717, 1.165) is 5.56 Å². The first kappa shape index (κ1) is 13.2. The lowest BCUT2D eigenvalue weighted by Crippen LogP contribution is -2.16. The summed E-state index contributed by atoms with van der Waals surface area (Å²) in [7, 11) is 0. The SMILES string of the molecule is CC(C)(C)c1ccccc1C(=O)O.[Al]. The van der Waals surface area contributed by atoms with Crippen molar-refractivity contribution in [2.75, 3.05) is 0 Å². The molecule has 0 atom stereocenters. The van der Waals surface area contributed by atoms with Crippen LogP contribution in [0.4, 0.5) is 0 Å². The standard InChI is InChI=1S/C11H14O2.Al/c1-11(2,3)9-7-5-4-6-8(9)10(12)13;/h4-7H,1-3H3,(H,12,13);. The van der Waals surface area contributed by atoms with Gasteiger partial charge >= 0.3 is 5.97 Å². The third kappa shape index (κ3) is 2.87. The third-order valence-electron chi connectivity index (χ3n) is 1.97. The van der Waals surface area contributed by atoms with Crippen LogP contribution >= 0.6 is 0 Å². The minimum Gasteiger partial charge on any atom is -0.478 e. The molecule has 1 aromatic rings. The van der Waals surface area contributed by atoms with Crippen LogP contribution in [0, 0.1) is 0 Å². The van der Waals surface area contributed by atoms with Crippen LogP contribution in [0.3, 0.4) is 0 Å². The second-order valence-electron chi connectivity index (χ2n) is 4.10. The van der Waals surface area contributed by atoms with E-state index >= 15 is 0 Å². The average Bonchev–Trinajstić information content (AvgIpc) is 2.03. The molecule has 0 aliphatic rings. The van der Waals surface area contributed by atoms with Gasteiger partial charge in [0.1, 0.15) is 0 Å². The topological polar surface area (TPSA) is 37.3 Å². The second-order valence-corrected chi connectivity index (χ2v) is 4.10. The fourth-order valence-electron chi connectivity index (χ4n) is 1.32. The Morgan fingerprint density at radius 1 is 1.21 bits per heavy atom. The minimum atomic E-state index is -0.856. The predicted octanol–water partition coefficient (Wildman–Crippen LogP) is 2.30. The zero-order valence-corrected chi connectivity index (χ0v) is 9.90. The Bertz CT molecular complexity index is 326. The van der Waals surface area contributed by atoms with Crippen molar-refractivity contribution in [2.45, 2.75) is 26.2 Å². The summed E-state index contributed by atoms with van der Waals surface area (Å²) in [6.45, 7) is 6.03. The predicted molar refractivity (Wildman–Crippen MR) is 57.9 cm³/mol. The van der Waals surface area contributed by atoms with E-state index in [2.05, 4.69) is 0 Å². The first-order valence-corrected chi connectivity index (χ1v) is 4.26. The van der Waals surface area contributed by atoms with Crippen molar-refractivity contribution in [2.24, 2.45) is 0 Å². The van der Waals surface area contributed by atoms with E-state index in [1.54, 1.807) is 12.1 Å². The number of benzene rings is 1. The Hall–Kier alpha value is -0.778. The molecule has 1 aromatic carbocycles. The quantitative estimate of drug-likeness (QED) is 0.714. The van der Waals surface area contributed by atoms with Gasteiger partial charge in [-0.2, -0.15) is 0 Å². The first-order chi connectivity index (χ1) is 5.93. The van der Waals surface area contributed by atoms with Crippen LogP contribution in [0.2, 0.25) is 0 Å². The zero-order chi connectivity index (χ0) is 10.1. The highest BCUT2D eigenvalue weighted by molar-refractivity contribution is 5.89. The number of hydrogen-bond donors (Lipinski definition) is 1. The molecule has 0 heterocycles. The Morgan fingerprint density at radius 3 is 2.07 bits per heavy atom. The molecule has 0 saturated carbocycles. The molecule has 73 valence electrons. The van der Waals surface area contributed by atoms with Gasteiger partial charge in [-0.1, -0.05) is 39.0 Å². The van der Waals surface area contributed by atoms with E-state index in [-0.39, 0.29) is 22.8 Å². The van der Waals surface area contributed by atoms with Crippen molar-refractivity contribution in [1.82, 2.24) is 0 Å². The van der Waals surface area contributed by atoms with E-state index in [9.17, 15) is 4.79 Å². The molecule has 0 spiro atoms. The summed E-state index contributed by atoms with van der Waals surface area (Å²) >= 11 is 0. The number of carboxylic acid groups (broad SMARTS) is 1. The Balaban J connectivity index is 0.00000169. The van der Waals surface area contributed by atoms with Crippen molar-refractivity contribution in [3.8, 4) is 0 Å². The highest BCUT2D eigenvalue weighted by atomic mass is 27.0. The molecule has 14 heavy (non-hydrogen) atoms. The first-order valence-electron chi connectivity index (χ1n) is 4.26. The molecule has 0 fully saturated rings. The van der Waals surface area contributed by atoms with Gasteiger partial charge in [0.25, 0.3) is 0 Å². The van der Waals surface area contributed by atoms with Gasteiger partial charge in [0, 0.05) is 17.4 Å². The number of rotatable bonds is 1. The molecule has 0 aromatic heterocycles. The Morgan fingerprint density at radius 2 is 1.71 bits per heavy atom. The van der Waals surface area contributed by atoms with Gasteiger partial charge in [-0.05, 0) is 17.0 Å². The second kappa shape index (κ2) is 4.64. The van der Waals surface area contributed by atoms with Crippen LogP contribution in [0.25, 0.3) is 0 Å². The number of carbonyl (C=O) groups is 1. The van der Waals surface area contributed by atoms with Crippen molar-refractivity contribution in [1.29, 1.82) is 0 Å². The molecule has 0 aliphatic carbocycles. The van der Waals surface area contributed by atoms with E-state index in [1.807, 2.05) is 32.9 Å². The summed E-state index contributed by atoms with van der Waals surface area (Å²) < 4.78 is 0. The largest absolute Gasteiger partial charge is 0.478 e. The molecule has 2 nitrogen and oxygen atoms in total. The molecule has 3 heteroatoms. The molecule has 3 radical (unpaired) electrons. The summed E-state index contributed by atoms with van der Waals surface area (Å²) in [4.78, 5) is 10.9. The lowest BCUT2D eigenvalue weighted by Gasteiger charge is -2.20. The summed E-state index contributed by atoms with van der Waals surface area (Å²) in [5, 5.41) is 8.93. The summed E-state index contributed by atoms with van der Waals surface area (Å²) in [5.74, 6) is -0.856. The number of aromatic carboxylic acids is 1. The van der Waals surface area contributed by atoms with Crippen molar-refractivity contribution in [3.63, 3.8) is 0 Å². The van der Waals surface area contributed by atoms with E-state index in [1.165, 1.54) is 0 Å². The van der Waals surface area contributed by atoms with Crippen LogP contribution < -0.4 is 0 Å². The van der Waals surface area contributed by atoms with Crippen molar-refractivity contribution >= 4 is 23.3 Å². The highest BCUT2D eigenvalue weighted by Crippen LogP contribution is 2.25. The molecule has 1 rings (SSSR count). The van der Waals surface area contributed by atoms with E-state index < -0.39 is 5.97 Å². The van der Waals surface area contributed by atoms with E-state index in [0.29, 0.717) is 5.56 Å². The van der Waals surface area contributed by atoms with Crippen molar-refractivity contribution in [3.05, 3.63) is 35.4 Å². The molecule has 0 unspecified atom stereocenters. The van der Waals surface area contributed by atoms with Crippen LogP contribution in [-0.4, -0.2) is 28.4 Å². The van der Waals surface area contributed by atoms with Gasteiger partial charge in [0.2, 0.25) is 0 Å². The minimum absolute atomic E-state index is 0. The monoisotopic (exact) mass is 205 g/mol. The molecular formula is C11H14AlO2. The lowest BCUT2D eigenvalue weighted by atomic mass is 9.84. The normalized spacial score (nSPS) is 10.5. The Kier molecular flexibility index (Phi) is 4.38. The molecule has 1 N–H and O–H groups in total. The van der Waals surface area contributed by atoms with Gasteiger partial charge < -0.3 is 5.11 Å². The number of carboxylic acids is 1. The number of hydrogen-bond acceptors (Lipinski definition) is 1. The summed E-state index contributed by atoms with van der Waals surface area (Å²) in [6.07, 6.45) is 0. The third-order valence-corrected chi connectivity index (χ3v) is 1.97. The summed E-state index contributed by atoms with van der Waals surface area (Å²) in [6, 6.07) is 7.12.